The highest BCUT2D eigenvalue weighted by molar-refractivity contribution is 5.87. The van der Waals surface area contributed by atoms with Crippen molar-refractivity contribution in [1.29, 1.82) is 0 Å². The number of methoxy groups -OCH3 is 2. The zero-order valence-corrected chi connectivity index (χ0v) is 16.4. The van der Waals surface area contributed by atoms with E-state index in [0.29, 0.717) is 35.2 Å². The minimum atomic E-state index is -0.597. The molecule has 0 bridgehead atoms. The van der Waals surface area contributed by atoms with E-state index >= 15 is 0 Å². The number of aldehydes is 1. The van der Waals surface area contributed by atoms with Crippen LogP contribution in [-0.2, 0) is 11.4 Å². The lowest BCUT2D eigenvalue weighted by molar-refractivity contribution is -0.109. The first-order chi connectivity index (χ1) is 13.5. The highest BCUT2D eigenvalue weighted by atomic mass is 16.5. The Morgan fingerprint density at radius 3 is 2.57 bits per heavy atom. The number of fused-ring (bicyclic) bond motifs is 1. The van der Waals surface area contributed by atoms with E-state index in [1.165, 1.54) is 6.34 Å². The number of benzene rings is 2. The SMILES string of the molecule is COc1ccc(COc2cc3c(c(OC(C)C)c2)C(C=O)N=CN3)c(OC)c1. The van der Waals surface area contributed by atoms with Gasteiger partial charge in [0.1, 0.15) is 41.9 Å². The van der Waals surface area contributed by atoms with E-state index in [-0.39, 0.29) is 6.10 Å². The van der Waals surface area contributed by atoms with E-state index in [2.05, 4.69) is 10.3 Å². The van der Waals surface area contributed by atoms with Crippen LogP contribution < -0.4 is 24.3 Å². The molecular weight excluding hydrogens is 360 g/mol. The van der Waals surface area contributed by atoms with E-state index in [0.717, 1.165) is 17.5 Å². The molecule has 0 saturated heterocycles. The predicted molar refractivity (Wildman–Crippen MR) is 107 cm³/mol. The summed E-state index contributed by atoms with van der Waals surface area (Å²) in [5.74, 6) is 2.58. The van der Waals surface area contributed by atoms with Crippen LogP contribution in [0.2, 0.25) is 0 Å². The van der Waals surface area contributed by atoms with Gasteiger partial charge in [0, 0.05) is 29.3 Å². The zero-order valence-electron chi connectivity index (χ0n) is 16.4. The van der Waals surface area contributed by atoms with Crippen LogP contribution in [0.1, 0.15) is 31.0 Å². The lowest BCUT2D eigenvalue weighted by atomic mass is 10.0. The highest BCUT2D eigenvalue weighted by Gasteiger charge is 2.24. The number of aliphatic imine (C=N–C) groups is 1. The Hall–Kier alpha value is -3.22. The highest BCUT2D eigenvalue weighted by Crippen LogP contribution is 2.40. The first-order valence-electron chi connectivity index (χ1n) is 8.97. The third-order valence-corrected chi connectivity index (χ3v) is 4.25. The largest absolute Gasteiger partial charge is 0.497 e. The number of ether oxygens (including phenoxy) is 4. The van der Waals surface area contributed by atoms with Gasteiger partial charge in [-0.3, -0.25) is 4.99 Å². The fourth-order valence-electron chi connectivity index (χ4n) is 2.96. The van der Waals surface area contributed by atoms with Crippen molar-refractivity contribution in [2.75, 3.05) is 19.5 Å². The minimum Gasteiger partial charge on any atom is -0.497 e. The summed E-state index contributed by atoms with van der Waals surface area (Å²) in [6.07, 6.45) is 2.25. The van der Waals surface area contributed by atoms with E-state index in [1.807, 2.05) is 38.1 Å². The van der Waals surface area contributed by atoms with Crippen molar-refractivity contribution in [2.24, 2.45) is 4.99 Å². The molecule has 1 unspecified atom stereocenters. The maximum atomic E-state index is 11.4. The lowest BCUT2D eigenvalue weighted by Crippen LogP contribution is -2.16. The summed E-state index contributed by atoms with van der Waals surface area (Å²) in [4.78, 5) is 15.6. The van der Waals surface area contributed by atoms with Crippen molar-refractivity contribution >= 4 is 18.3 Å². The number of nitrogens with zero attached hydrogens (tertiary/aromatic N) is 1. The molecule has 0 spiro atoms. The van der Waals surface area contributed by atoms with Crippen LogP contribution in [0.4, 0.5) is 5.69 Å². The molecule has 2 aromatic rings. The number of hydrogen-bond acceptors (Lipinski definition) is 7. The molecule has 0 radical (unpaired) electrons. The number of hydrogen-bond donors (Lipinski definition) is 1. The summed E-state index contributed by atoms with van der Waals surface area (Å²) in [7, 11) is 3.21. The second-order valence-corrected chi connectivity index (χ2v) is 6.52. The average Bonchev–Trinajstić information content (AvgIpc) is 2.71. The zero-order chi connectivity index (χ0) is 20.1. The summed E-state index contributed by atoms with van der Waals surface area (Å²) in [6, 6.07) is 8.59. The number of nitrogens with one attached hydrogen (secondary N) is 1. The fraction of sp³-hybridized carbons (Fsp3) is 0.333. The Kier molecular flexibility index (Phi) is 6.03. The van der Waals surface area contributed by atoms with Gasteiger partial charge in [0.2, 0.25) is 0 Å². The molecule has 1 atom stereocenters. The molecule has 1 aliphatic rings. The second-order valence-electron chi connectivity index (χ2n) is 6.52. The molecule has 2 aromatic carbocycles. The Morgan fingerprint density at radius 2 is 1.89 bits per heavy atom. The van der Waals surface area contributed by atoms with Gasteiger partial charge in [-0.25, -0.2) is 0 Å². The van der Waals surface area contributed by atoms with Gasteiger partial charge in [-0.15, -0.1) is 0 Å². The van der Waals surface area contributed by atoms with Gasteiger partial charge < -0.3 is 29.1 Å². The van der Waals surface area contributed by atoms with Crippen LogP contribution in [-0.4, -0.2) is 32.9 Å². The number of anilines is 1. The fourth-order valence-corrected chi connectivity index (χ4v) is 2.96. The van der Waals surface area contributed by atoms with Crippen LogP contribution in [0.25, 0.3) is 0 Å². The Balaban J connectivity index is 1.88. The van der Waals surface area contributed by atoms with E-state index in [9.17, 15) is 4.79 Å². The third-order valence-electron chi connectivity index (χ3n) is 4.25. The molecular formula is C21H24N2O5. The summed E-state index contributed by atoms with van der Waals surface area (Å²) in [5.41, 5.74) is 2.33. The standard InChI is InChI=1S/C21H24N2O5/c1-13(2)28-20-9-16(7-17-21(20)18(10-24)23-12-22-17)27-11-14-5-6-15(25-3)8-19(14)26-4/h5-10,12-13,18H,11H2,1-4H3,(H,22,23). The van der Waals surface area contributed by atoms with Crippen molar-refractivity contribution in [3.05, 3.63) is 41.5 Å². The van der Waals surface area contributed by atoms with Crippen molar-refractivity contribution in [1.82, 2.24) is 0 Å². The van der Waals surface area contributed by atoms with Crippen LogP contribution >= 0.6 is 0 Å². The quantitative estimate of drug-likeness (QED) is 0.698. The Labute approximate surface area is 164 Å². The van der Waals surface area contributed by atoms with Crippen molar-refractivity contribution in [3.8, 4) is 23.0 Å². The number of carbonyl (C=O) groups is 1. The molecule has 7 nitrogen and oxygen atoms in total. The van der Waals surface area contributed by atoms with Gasteiger partial charge in [-0.1, -0.05) is 0 Å². The summed E-state index contributed by atoms with van der Waals surface area (Å²) in [6.45, 7) is 4.16. The maximum absolute atomic E-state index is 11.4. The van der Waals surface area contributed by atoms with Crippen molar-refractivity contribution in [3.63, 3.8) is 0 Å². The lowest BCUT2D eigenvalue weighted by Gasteiger charge is -2.23. The first kappa shape index (κ1) is 19.5. The second kappa shape index (κ2) is 8.65. The van der Waals surface area contributed by atoms with Crippen LogP contribution in [0.5, 0.6) is 23.0 Å². The molecule has 0 amide bonds. The molecule has 0 saturated carbocycles. The summed E-state index contributed by atoms with van der Waals surface area (Å²) in [5, 5.41) is 3.06. The molecule has 3 rings (SSSR count). The van der Waals surface area contributed by atoms with Crippen molar-refractivity contribution < 1.29 is 23.7 Å². The number of carbonyl (C=O) groups excluding carboxylic acids is 1. The summed E-state index contributed by atoms with van der Waals surface area (Å²) < 4.78 is 22.6. The molecule has 148 valence electrons. The Morgan fingerprint density at radius 1 is 1.11 bits per heavy atom. The average molecular weight is 384 g/mol. The normalized spacial score (nSPS) is 14.8. The Bertz CT molecular complexity index is 879. The van der Waals surface area contributed by atoms with Crippen molar-refractivity contribution in [2.45, 2.75) is 32.6 Å². The van der Waals surface area contributed by atoms with E-state index in [1.54, 1.807) is 20.3 Å². The van der Waals surface area contributed by atoms with Crippen LogP contribution in [0.15, 0.2) is 35.3 Å². The van der Waals surface area contributed by atoms with Crippen LogP contribution in [0.3, 0.4) is 0 Å². The van der Waals surface area contributed by atoms with Gasteiger partial charge in [0.05, 0.1) is 32.3 Å². The van der Waals surface area contributed by atoms with Crippen LogP contribution in [0, 0.1) is 0 Å². The third kappa shape index (κ3) is 4.19. The number of rotatable bonds is 8. The van der Waals surface area contributed by atoms with Gasteiger partial charge >= 0.3 is 0 Å². The summed E-state index contributed by atoms with van der Waals surface area (Å²) >= 11 is 0. The van der Waals surface area contributed by atoms with E-state index in [4.69, 9.17) is 18.9 Å². The van der Waals surface area contributed by atoms with Gasteiger partial charge in [0.15, 0.2) is 0 Å². The molecule has 0 aromatic heterocycles. The van der Waals surface area contributed by atoms with Gasteiger partial charge in [-0.2, -0.15) is 0 Å². The first-order valence-corrected chi connectivity index (χ1v) is 8.97. The molecule has 1 N–H and O–H groups in total. The molecule has 7 heteroatoms. The molecule has 0 aliphatic carbocycles. The minimum absolute atomic E-state index is 0.0563. The van der Waals surface area contributed by atoms with E-state index < -0.39 is 6.04 Å². The molecule has 0 fully saturated rings. The molecule has 1 heterocycles. The topological polar surface area (TPSA) is 78.4 Å². The van der Waals surface area contributed by atoms with Gasteiger partial charge in [0.25, 0.3) is 0 Å². The monoisotopic (exact) mass is 384 g/mol. The molecule has 28 heavy (non-hydrogen) atoms. The molecule has 1 aliphatic heterocycles. The predicted octanol–water partition coefficient (Wildman–Crippen LogP) is 3.76. The smallest absolute Gasteiger partial charge is 0.149 e. The van der Waals surface area contributed by atoms with Gasteiger partial charge in [-0.05, 0) is 26.0 Å². The maximum Gasteiger partial charge on any atom is 0.149 e.